The molecule has 0 amide bonds. The summed E-state index contributed by atoms with van der Waals surface area (Å²) in [6, 6.07) is 9.15. The predicted octanol–water partition coefficient (Wildman–Crippen LogP) is 7.89. The van der Waals surface area contributed by atoms with Crippen LogP contribution in [0.1, 0.15) is 109 Å². The largest absolute Gasteiger partial charge is 0.369 e. The maximum Gasteiger partial charge on any atom is 0.133 e. The number of ether oxygens (including phenoxy) is 1. The van der Waals surface area contributed by atoms with Crippen LogP contribution in [0.4, 0.5) is 0 Å². The Morgan fingerprint density at radius 2 is 1.73 bits per heavy atom. The summed E-state index contributed by atoms with van der Waals surface area (Å²) in [6.45, 7) is 20.6. The van der Waals surface area contributed by atoms with Gasteiger partial charge in [-0.25, -0.2) is 0 Å². The minimum atomic E-state index is 0.105. The summed E-state index contributed by atoms with van der Waals surface area (Å²) < 4.78 is 8.18. The fourth-order valence-corrected chi connectivity index (χ4v) is 5.86. The first kappa shape index (κ1) is 35.5. The number of benzene rings is 1. The summed E-state index contributed by atoms with van der Waals surface area (Å²) in [5.41, 5.74) is 4.95. The highest BCUT2D eigenvalue weighted by molar-refractivity contribution is 6.30. The molecular formula is C34H57ClN4O2. The molecule has 4 heterocycles. The van der Waals surface area contributed by atoms with Crippen molar-refractivity contribution in [3.8, 4) is 0 Å². The molecule has 2 atom stereocenters. The van der Waals surface area contributed by atoms with Gasteiger partial charge in [-0.1, -0.05) is 65.6 Å². The van der Waals surface area contributed by atoms with E-state index in [0.717, 1.165) is 62.1 Å². The lowest BCUT2D eigenvalue weighted by atomic mass is 10.1. The van der Waals surface area contributed by atoms with Gasteiger partial charge in [0.05, 0.1) is 24.5 Å². The van der Waals surface area contributed by atoms with E-state index in [1.807, 2.05) is 33.8 Å². The second-order valence-electron chi connectivity index (χ2n) is 11.1. The third-order valence-electron chi connectivity index (χ3n) is 7.49. The first-order valence-electron chi connectivity index (χ1n) is 16.3. The van der Waals surface area contributed by atoms with Gasteiger partial charge in [0, 0.05) is 37.2 Å². The topological polar surface area (TPSA) is 50.6 Å². The highest BCUT2D eigenvalue weighted by Crippen LogP contribution is 2.33. The number of carbonyl (C=O) groups is 1. The standard InChI is InChI=1S/C16H24N4O2.C11H13Cl.C3H8.2C2H6/c21-8-7-18-4-2-6-20-14(10-18)9-15(17-20)16-11-19-5-1-3-13(19)12-22-16;1-8-4-10(6-9-2-3-9)7-11(12)5-8;1-3-2;2*1-2/h8-9,13,16H,1-7,10-12H2;4-5,7,9H,2-3,6H2,1H3;3H2,1-2H3;2*1-2H3. The molecule has 4 aliphatic rings. The number of aryl methyl sites for hydroxylation is 2. The fraction of sp³-hybridized carbons (Fsp3) is 0.706. The van der Waals surface area contributed by atoms with Crippen molar-refractivity contribution < 1.29 is 9.53 Å². The summed E-state index contributed by atoms with van der Waals surface area (Å²) in [4.78, 5) is 15.5. The summed E-state index contributed by atoms with van der Waals surface area (Å²) >= 11 is 5.95. The molecule has 0 radical (unpaired) electrons. The molecule has 0 spiro atoms. The Morgan fingerprint density at radius 3 is 2.39 bits per heavy atom. The van der Waals surface area contributed by atoms with Gasteiger partial charge in [-0.3, -0.25) is 14.5 Å². The van der Waals surface area contributed by atoms with Crippen LogP contribution in [0.3, 0.4) is 0 Å². The molecule has 6 rings (SSSR count). The molecular weight excluding hydrogens is 532 g/mol. The SMILES string of the molecule is CC.CC.CCC.Cc1cc(Cl)cc(CC2CC2)c1.O=CCN1CCCn2nc(C3CN4CCCC4CO3)cc2C1. The molecule has 6 nitrogen and oxygen atoms in total. The normalized spacial score (nSPS) is 21.6. The van der Waals surface area contributed by atoms with E-state index in [9.17, 15) is 4.79 Å². The van der Waals surface area contributed by atoms with Crippen LogP contribution in [0.25, 0.3) is 0 Å². The molecule has 1 saturated carbocycles. The Hall–Kier alpha value is -1.73. The van der Waals surface area contributed by atoms with Gasteiger partial charge in [0.25, 0.3) is 0 Å². The van der Waals surface area contributed by atoms with E-state index in [2.05, 4.69) is 53.5 Å². The molecule has 41 heavy (non-hydrogen) atoms. The maximum absolute atomic E-state index is 10.8. The molecule has 2 aromatic rings. The molecule has 7 heteroatoms. The molecule has 2 saturated heterocycles. The Balaban J connectivity index is 0.000000262. The number of carbonyl (C=O) groups excluding carboxylic acids is 1. The van der Waals surface area contributed by atoms with Crippen molar-refractivity contribution in [2.24, 2.45) is 5.92 Å². The fourth-order valence-electron chi connectivity index (χ4n) is 5.55. The van der Waals surface area contributed by atoms with Crippen LogP contribution in [0.15, 0.2) is 24.3 Å². The highest BCUT2D eigenvalue weighted by atomic mass is 35.5. The summed E-state index contributed by atoms with van der Waals surface area (Å²) in [7, 11) is 0. The van der Waals surface area contributed by atoms with Crippen LogP contribution in [-0.2, 0) is 29.0 Å². The van der Waals surface area contributed by atoms with E-state index in [0.29, 0.717) is 12.6 Å². The van der Waals surface area contributed by atoms with E-state index in [1.54, 1.807) is 0 Å². The molecule has 3 fully saturated rings. The van der Waals surface area contributed by atoms with E-state index in [1.165, 1.54) is 61.9 Å². The zero-order valence-corrected chi connectivity index (χ0v) is 27.8. The smallest absolute Gasteiger partial charge is 0.133 e. The first-order chi connectivity index (χ1) is 20.0. The van der Waals surface area contributed by atoms with Crippen LogP contribution in [0.2, 0.25) is 5.02 Å². The van der Waals surface area contributed by atoms with E-state index in [4.69, 9.17) is 21.4 Å². The third-order valence-corrected chi connectivity index (χ3v) is 7.71. The molecule has 1 aliphatic carbocycles. The lowest BCUT2D eigenvalue weighted by molar-refractivity contribution is -0.109. The van der Waals surface area contributed by atoms with E-state index < -0.39 is 0 Å². The van der Waals surface area contributed by atoms with Crippen LogP contribution in [-0.4, -0.2) is 64.7 Å². The van der Waals surface area contributed by atoms with Gasteiger partial charge < -0.3 is 9.53 Å². The number of halogens is 1. The minimum absolute atomic E-state index is 0.105. The van der Waals surface area contributed by atoms with Gasteiger partial charge in [-0.2, -0.15) is 5.10 Å². The maximum atomic E-state index is 10.8. The van der Waals surface area contributed by atoms with Crippen molar-refractivity contribution in [3.63, 3.8) is 0 Å². The average molecular weight is 589 g/mol. The molecule has 1 aromatic heterocycles. The number of fused-ring (bicyclic) bond motifs is 2. The first-order valence-corrected chi connectivity index (χ1v) is 16.7. The third kappa shape index (κ3) is 11.8. The van der Waals surface area contributed by atoms with Crippen molar-refractivity contribution in [1.29, 1.82) is 0 Å². The van der Waals surface area contributed by atoms with Gasteiger partial charge in [0.1, 0.15) is 12.4 Å². The molecule has 1 aromatic carbocycles. The van der Waals surface area contributed by atoms with Gasteiger partial charge >= 0.3 is 0 Å². The monoisotopic (exact) mass is 588 g/mol. The lowest BCUT2D eigenvalue weighted by Crippen LogP contribution is -2.42. The predicted molar refractivity (Wildman–Crippen MR) is 173 cm³/mol. The number of hydrogen-bond donors (Lipinski definition) is 0. The summed E-state index contributed by atoms with van der Waals surface area (Å²) in [5.74, 6) is 0.947. The minimum Gasteiger partial charge on any atom is -0.369 e. The van der Waals surface area contributed by atoms with Gasteiger partial charge in [0.2, 0.25) is 0 Å². The van der Waals surface area contributed by atoms with E-state index >= 15 is 0 Å². The second kappa shape index (κ2) is 19.5. The van der Waals surface area contributed by atoms with Gasteiger partial charge in [0.15, 0.2) is 0 Å². The summed E-state index contributed by atoms with van der Waals surface area (Å²) in [6.07, 6.45) is 9.99. The number of aromatic nitrogens is 2. The molecule has 0 bridgehead atoms. The van der Waals surface area contributed by atoms with Crippen molar-refractivity contribution in [3.05, 3.63) is 51.8 Å². The number of rotatable bonds is 5. The van der Waals surface area contributed by atoms with Crippen molar-refractivity contribution in [2.75, 3.05) is 32.8 Å². The molecule has 0 N–H and O–H groups in total. The average Bonchev–Trinajstić information content (AvgIpc) is 3.56. The number of nitrogens with zero attached hydrogens (tertiary/aromatic N) is 4. The summed E-state index contributed by atoms with van der Waals surface area (Å²) in [5, 5.41) is 5.67. The zero-order chi connectivity index (χ0) is 30.2. The Morgan fingerprint density at radius 1 is 1.00 bits per heavy atom. The van der Waals surface area contributed by atoms with E-state index in [-0.39, 0.29) is 6.10 Å². The number of aldehydes is 1. The molecule has 2 unspecified atom stereocenters. The second-order valence-corrected chi connectivity index (χ2v) is 11.6. The van der Waals surface area contributed by atoms with Crippen LogP contribution >= 0.6 is 11.6 Å². The van der Waals surface area contributed by atoms with Crippen LogP contribution < -0.4 is 0 Å². The highest BCUT2D eigenvalue weighted by Gasteiger charge is 2.34. The van der Waals surface area contributed by atoms with Crippen molar-refractivity contribution in [2.45, 2.75) is 119 Å². The van der Waals surface area contributed by atoms with Gasteiger partial charge in [-0.15, -0.1) is 0 Å². The van der Waals surface area contributed by atoms with Crippen LogP contribution in [0.5, 0.6) is 0 Å². The Labute approximate surface area is 255 Å². The lowest BCUT2D eigenvalue weighted by Gasteiger charge is -2.34. The van der Waals surface area contributed by atoms with Gasteiger partial charge in [-0.05, 0) is 87.2 Å². The molecule has 232 valence electrons. The molecule has 3 aliphatic heterocycles. The Kier molecular flexibility index (Phi) is 16.8. The van der Waals surface area contributed by atoms with Crippen LogP contribution in [0, 0.1) is 12.8 Å². The Bertz CT molecular complexity index is 986. The number of hydrogen-bond acceptors (Lipinski definition) is 5. The zero-order valence-electron chi connectivity index (χ0n) is 27.0. The number of morpholine rings is 1. The van der Waals surface area contributed by atoms with Crippen molar-refractivity contribution in [1.82, 2.24) is 19.6 Å². The quantitative estimate of drug-likeness (QED) is 0.332. The van der Waals surface area contributed by atoms with Crippen molar-refractivity contribution >= 4 is 17.9 Å².